The summed E-state index contributed by atoms with van der Waals surface area (Å²) in [6.45, 7) is 2.77. The van der Waals surface area contributed by atoms with Crippen LogP contribution < -0.4 is 5.32 Å². The Balaban J connectivity index is 1.56. The molecular formula is C21H28N4O. The number of rotatable bonds is 6. The fourth-order valence-corrected chi connectivity index (χ4v) is 4.60. The van der Waals surface area contributed by atoms with Crippen LogP contribution in [0.1, 0.15) is 50.1 Å². The van der Waals surface area contributed by atoms with E-state index in [1.165, 1.54) is 12.8 Å². The fourth-order valence-electron chi connectivity index (χ4n) is 4.60. The third-order valence-corrected chi connectivity index (χ3v) is 6.00. The van der Waals surface area contributed by atoms with Crippen molar-refractivity contribution in [1.29, 1.82) is 0 Å². The second-order valence-corrected chi connectivity index (χ2v) is 7.60. The predicted octanol–water partition coefficient (Wildman–Crippen LogP) is 3.15. The van der Waals surface area contributed by atoms with Crippen LogP contribution >= 0.6 is 0 Å². The Bertz CT molecular complexity index is 701. The first-order valence-electron chi connectivity index (χ1n) is 9.86. The summed E-state index contributed by atoms with van der Waals surface area (Å²) in [6, 6.07) is 12.1. The number of hydrogen-bond acceptors (Lipinski definition) is 3. The van der Waals surface area contributed by atoms with Crippen LogP contribution in [0.25, 0.3) is 0 Å². The Hall–Kier alpha value is -2.14. The molecule has 2 aliphatic rings. The molecule has 2 heterocycles. The van der Waals surface area contributed by atoms with Crippen LogP contribution in [0.2, 0.25) is 0 Å². The Morgan fingerprint density at radius 2 is 1.81 bits per heavy atom. The highest BCUT2D eigenvalue weighted by molar-refractivity contribution is 5.87. The Morgan fingerprint density at radius 3 is 2.46 bits per heavy atom. The lowest BCUT2D eigenvalue weighted by Crippen LogP contribution is -2.57. The highest BCUT2D eigenvalue weighted by atomic mass is 16.2. The standard InChI is InChI=1S/C21H28N4O/c26-20(21(11-4-5-12-21)24-14-6-7-15-24)23-19(17-25-16-8-13-22-25)18-9-2-1-3-10-18/h1-3,8-10,13,16,19H,4-7,11-12,14-15,17H2,(H,23,26)/t19-/m0/s1. The Labute approximate surface area is 155 Å². The van der Waals surface area contributed by atoms with Gasteiger partial charge < -0.3 is 5.32 Å². The maximum Gasteiger partial charge on any atom is 0.241 e. The van der Waals surface area contributed by atoms with E-state index in [4.69, 9.17) is 0 Å². The van der Waals surface area contributed by atoms with Gasteiger partial charge in [0.25, 0.3) is 0 Å². The number of likely N-dealkylation sites (tertiary alicyclic amines) is 1. The molecule has 1 aliphatic carbocycles. The molecule has 5 nitrogen and oxygen atoms in total. The third kappa shape index (κ3) is 3.40. The molecule has 1 saturated carbocycles. The van der Waals surface area contributed by atoms with Gasteiger partial charge in [0.05, 0.1) is 12.6 Å². The fraction of sp³-hybridized carbons (Fsp3) is 0.524. The lowest BCUT2D eigenvalue weighted by Gasteiger charge is -2.38. The summed E-state index contributed by atoms with van der Waals surface area (Å²) in [6.07, 6.45) is 10.4. The molecule has 0 bridgehead atoms. The molecule has 1 aliphatic heterocycles. The number of aromatic nitrogens is 2. The van der Waals surface area contributed by atoms with E-state index in [9.17, 15) is 4.79 Å². The van der Waals surface area contributed by atoms with Crippen molar-refractivity contribution >= 4 is 5.91 Å². The molecule has 2 aromatic rings. The zero-order chi connectivity index (χ0) is 17.8. The van der Waals surface area contributed by atoms with Gasteiger partial charge in [-0.3, -0.25) is 14.4 Å². The van der Waals surface area contributed by atoms with Gasteiger partial charge in [-0.25, -0.2) is 0 Å². The zero-order valence-electron chi connectivity index (χ0n) is 15.3. The summed E-state index contributed by atoms with van der Waals surface area (Å²) in [7, 11) is 0. The first-order chi connectivity index (χ1) is 12.8. The van der Waals surface area contributed by atoms with Crippen LogP contribution in [0.3, 0.4) is 0 Å². The lowest BCUT2D eigenvalue weighted by molar-refractivity contribution is -0.133. The highest BCUT2D eigenvalue weighted by Gasteiger charge is 2.47. The first kappa shape index (κ1) is 17.3. The molecule has 1 amide bonds. The lowest BCUT2D eigenvalue weighted by atomic mass is 9.93. The largest absolute Gasteiger partial charge is 0.346 e. The van der Waals surface area contributed by atoms with Crippen LogP contribution in [0.5, 0.6) is 0 Å². The Kier molecular flexibility index (Phi) is 5.07. The SMILES string of the molecule is O=C(N[C@@H](Cn1cccn1)c1ccccc1)C1(N2CCCC2)CCCC1. The van der Waals surface area contributed by atoms with Crippen molar-refractivity contribution in [3.63, 3.8) is 0 Å². The normalized spacial score (nSPS) is 20.9. The molecule has 0 spiro atoms. The molecule has 2 fully saturated rings. The van der Waals surface area contributed by atoms with Gasteiger partial charge >= 0.3 is 0 Å². The van der Waals surface area contributed by atoms with Crippen LogP contribution in [0.15, 0.2) is 48.8 Å². The Morgan fingerprint density at radius 1 is 1.08 bits per heavy atom. The van der Waals surface area contributed by atoms with E-state index in [-0.39, 0.29) is 17.5 Å². The van der Waals surface area contributed by atoms with Crippen LogP contribution in [0.4, 0.5) is 0 Å². The number of amides is 1. The number of carbonyl (C=O) groups excluding carboxylic acids is 1. The molecule has 1 aromatic heterocycles. The van der Waals surface area contributed by atoms with Crippen molar-refractivity contribution < 1.29 is 4.79 Å². The van der Waals surface area contributed by atoms with E-state index in [0.717, 1.165) is 44.3 Å². The average Bonchev–Trinajstić information content (AvgIpc) is 3.43. The van der Waals surface area contributed by atoms with Gasteiger partial charge in [0.15, 0.2) is 0 Å². The number of nitrogens with one attached hydrogen (secondary N) is 1. The number of carbonyl (C=O) groups is 1. The predicted molar refractivity (Wildman–Crippen MR) is 102 cm³/mol. The molecule has 26 heavy (non-hydrogen) atoms. The molecule has 4 rings (SSSR count). The van der Waals surface area contributed by atoms with Crippen molar-refractivity contribution in [3.05, 3.63) is 54.4 Å². The van der Waals surface area contributed by atoms with Crippen molar-refractivity contribution in [1.82, 2.24) is 20.0 Å². The van der Waals surface area contributed by atoms with Crippen molar-refractivity contribution in [3.8, 4) is 0 Å². The minimum atomic E-state index is -0.298. The van der Waals surface area contributed by atoms with Crippen LogP contribution in [-0.2, 0) is 11.3 Å². The maximum atomic E-state index is 13.5. The summed E-state index contributed by atoms with van der Waals surface area (Å²) < 4.78 is 1.90. The zero-order valence-corrected chi connectivity index (χ0v) is 15.3. The summed E-state index contributed by atoms with van der Waals surface area (Å²) in [5, 5.41) is 7.73. The van der Waals surface area contributed by atoms with E-state index < -0.39 is 0 Å². The van der Waals surface area contributed by atoms with Gasteiger partial charge in [-0.15, -0.1) is 0 Å². The molecule has 1 saturated heterocycles. The number of nitrogens with zero attached hydrogens (tertiary/aromatic N) is 3. The molecular weight excluding hydrogens is 324 g/mol. The first-order valence-corrected chi connectivity index (χ1v) is 9.86. The average molecular weight is 352 g/mol. The number of hydrogen-bond donors (Lipinski definition) is 1. The van der Waals surface area contributed by atoms with Gasteiger partial charge in [0.2, 0.25) is 5.91 Å². The topological polar surface area (TPSA) is 50.2 Å². The van der Waals surface area contributed by atoms with E-state index in [1.807, 2.05) is 35.1 Å². The molecule has 0 radical (unpaired) electrons. The van der Waals surface area contributed by atoms with Crippen LogP contribution in [0, 0.1) is 0 Å². The maximum absolute atomic E-state index is 13.5. The summed E-state index contributed by atoms with van der Waals surface area (Å²) in [5.74, 6) is 0.206. The second-order valence-electron chi connectivity index (χ2n) is 7.60. The molecule has 1 aromatic carbocycles. The van der Waals surface area contributed by atoms with E-state index in [2.05, 4.69) is 27.4 Å². The van der Waals surface area contributed by atoms with E-state index >= 15 is 0 Å². The highest BCUT2D eigenvalue weighted by Crippen LogP contribution is 2.38. The minimum Gasteiger partial charge on any atom is -0.346 e. The van der Waals surface area contributed by atoms with E-state index in [1.54, 1.807) is 6.20 Å². The molecule has 5 heteroatoms. The van der Waals surface area contributed by atoms with Gasteiger partial charge in [-0.1, -0.05) is 43.2 Å². The van der Waals surface area contributed by atoms with Gasteiger partial charge in [0, 0.05) is 12.4 Å². The molecule has 0 unspecified atom stereocenters. The summed E-state index contributed by atoms with van der Waals surface area (Å²) >= 11 is 0. The molecule has 1 N–H and O–H groups in total. The van der Waals surface area contributed by atoms with Crippen molar-refractivity contribution in [2.75, 3.05) is 13.1 Å². The van der Waals surface area contributed by atoms with E-state index in [0.29, 0.717) is 6.54 Å². The van der Waals surface area contributed by atoms with Gasteiger partial charge in [-0.05, 0) is 50.4 Å². The quantitative estimate of drug-likeness (QED) is 0.869. The summed E-state index contributed by atoms with van der Waals surface area (Å²) in [5.41, 5.74) is 0.833. The van der Waals surface area contributed by atoms with Crippen molar-refractivity contribution in [2.24, 2.45) is 0 Å². The van der Waals surface area contributed by atoms with Gasteiger partial charge in [0.1, 0.15) is 5.54 Å². The number of benzene rings is 1. The summed E-state index contributed by atoms with van der Waals surface area (Å²) in [4.78, 5) is 15.9. The third-order valence-electron chi connectivity index (χ3n) is 6.00. The van der Waals surface area contributed by atoms with Crippen molar-refractivity contribution in [2.45, 2.75) is 56.7 Å². The molecule has 1 atom stereocenters. The minimum absolute atomic E-state index is 0.0660. The van der Waals surface area contributed by atoms with Gasteiger partial charge in [-0.2, -0.15) is 5.10 Å². The second kappa shape index (κ2) is 7.62. The van der Waals surface area contributed by atoms with Crippen LogP contribution in [-0.4, -0.2) is 39.2 Å². The monoisotopic (exact) mass is 352 g/mol. The molecule has 138 valence electrons. The smallest absolute Gasteiger partial charge is 0.241 e.